The summed E-state index contributed by atoms with van der Waals surface area (Å²) in [5, 5.41) is 0. The zero-order valence-electron chi connectivity index (χ0n) is 16.3. The molecule has 1 rings (SSSR count). The third-order valence-electron chi connectivity index (χ3n) is 3.97. The Morgan fingerprint density at radius 3 is 2.52 bits per heavy atom. The van der Waals surface area contributed by atoms with Crippen LogP contribution in [0.1, 0.15) is 59.4 Å². The third-order valence-corrected chi connectivity index (χ3v) is 9.85. The van der Waals surface area contributed by atoms with Crippen molar-refractivity contribution in [2.24, 2.45) is 5.92 Å². The molecule has 138 valence electrons. The summed E-state index contributed by atoms with van der Waals surface area (Å²) in [6.07, 6.45) is 4.11. The molecule has 0 radical (unpaired) electrons. The van der Waals surface area contributed by atoms with Crippen molar-refractivity contribution in [1.82, 2.24) is 4.90 Å². The first-order chi connectivity index (χ1) is 11.7. The van der Waals surface area contributed by atoms with Crippen LogP contribution in [0.4, 0.5) is 4.79 Å². The van der Waals surface area contributed by atoms with Gasteiger partial charge in [-0.05, 0) is 0 Å². The van der Waals surface area contributed by atoms with E-state index in [-0.39, 0.29) is 6.09 Å². The van der Waals surface area contributed by atoms with E-state index in [9.17, 15) is 4.79 Å². The average Bonchev–Trinajstić information content (AvgIpc) is 2.50. The second kappa shape index (κ2) is 11.1. The van der Waals surface area contributed by atoms with Crippen LogP contribution in [0.15, 0.2) is 18.2 Å². The molecule has 0 aliphatic rings. The van der Waals surface area contributed by atoms with Crippen molar-refractivity contribution in [1.29, 1.82) is 0 Å². The predicted octanol–water partition coefficient (Wildman–Crippen LogP) is 4.69. The Bertz CT molecular complexity index is 557. The summed E-state index contributed by atoms with van der Waals surface area (Å²) in [5.41, 5.74) is 1.03. The number of halogens is 1. The van der Waals surface area contributed by atoms with Gasteiger partial charge < -0.3 is 0 Å². The van der Waals surface area contributed by atoms with Gasteiger partial charge in [-0.1, -0.05) is 0 Å². The van der Waals surface area contributed by atoms with Gasteiger partial charge in [0.1, 0.15) is 0 Å². The topological polar surface area (TPSA) is 29.5 Å². The molecule has 0 saturated carbocycles. The van der Waals surface area contributed by atoms with Crippen LogP contribution in [0.25, 0.3) is 0 Å². The van der Waals surface area contributed by atoms with Crippen LogP contribution in [-0.2, 0) is 11.2 Å². The molecule has 0 aliphatic heterocycles. The van der Waals surface area contributed by atoms with Gasteiger partial charge in [0.05, 0.1) is 0 Å². The molecule has 1 amide bonds. The standard InChI is InChI=1S/C20H31INO2.Tl/c1-6-9-17(13-16-10-8-11-18(21)14-16)15-22(12-7-2)19(23)24-20(3,4)5;/h8,10-11,17H,6-7,9,12-13,15H2,1-5H3;. The maximum atomic E-state index is 12.6. The van der Waals surface area contributed by atoms with Crippen molar-refractivity contribution in [3.63, 3.8) is 0 Å². The molecule has 3 nitrogen and oxygen atoms in total. The van der Waals surface area contributed by atoms with Crippen molar-refractivity contribution in [3.8, 4) is 0 Å². The molecule has 1 unspecified atom stereocenters. The summed E-state index contributed by atoms with van der Waals surface area (Å²) >= 11 is 3.28. The van der Waals surface area contributed by atoms with Crippen molar-refractivity contribution >= 4 is 57.6 Å². The molecule has 1 atom stereocenters. The Balaban J connectivity index is 2.88. The molecule has 0 aromatic heterocycles. The van der Waals surface area contributed by atoms with E-state index in [1.54, 1.807) is 0 Å². The molecule has 5 heteroatoms. The van der Waals surface area contributed by atoms with Gasteiger partial charge in [0.2, 0.25) is 0 Å². The number of ether oxygens (including phenoxy) is 1. The van der Waals surface area contributed by atoms with Crippen molar-refractivity contribution in [2.75, 3.05) is 13.1 Å². The number of nitrogens with zero attached hydrogens (tertiary/aromatic N) is 1. The zero-order chi connectivity index (χ0) is 19.0. The van der Waals surface area contributed by atoms with E-state index in [1.165, 1.54) is 12.3 Å². The Kier molecular flexibility index (Phi) is 10.3. The summed E-state index contributed by atoms with van der Waals surface area (Å²) in [5.74, 6) is 0.486. The molecule has 0 fully saturated rings. The SMILES string of the molecule is CCCC(Cc1cccc(I)[c]1[Tl])CN(CCC)C(=O)OC(C)(C)C. The molecule has 25 heavy (non-hydrogen) atoms. The molecule has 1 aromatic rings. The van der Waals surface area contributed by atoms with Crippen molar-refractivity contribution in [3.05, 3.63) is 27.3 Å². The van der Waals surface area contributed by atoms with Crippen LogP contribution in [0.5, 0.6) is 0 Å². The van der Waals surface area contributed by atoms with E-state index in [0.717, 1.165) is 64.5 Å². The Morgan fingerprint density at radius 1 is 1.28 bits per heavy atom. The average molecular weight is 649 g/mol. The van der Waals surface area contributed by atoms with Gasteiger partial charge in [-0.25, -0.2) is 0 Å². The fourth-order valence-corrected chi connectivity index (χ4v) is 4.66. The van der Waals surface area contributed by atoms with Crippen molar-refractivity contribution < 1.29 is 9.53 Å². The number of amides is 1. The van der Waals surface area contributed by atoms with Gasteiger partial charge in [-0.3, -0.25) is 0 Å². The predicted molar refractivity (Wildman–Crippen MR) is 115 cm³/mol. The maximum absolute atomic E-state index is 12.6. The quantitative estimate of drug-likeness (QED) is 0.303. The normalized spacial score (nSPS) is 12.7. The van der Waals surface area contributed by atoms with Crippen LogP contribution in [0, 0.1) is 9.49 Å². The molecule has 0 spiro atoms. The van der Waals surface area contributed by atoms with Gasteiger partial charge >= 0.3 is 184 Å². The Labute approximate surface area is 183 Å². The fourth-order valence-electron chi connectivity index (χ4n) is 2.90. The fraction of sp³-hybridized carbons (Fsp3) is 0.650. The zero-order valence-corrected chi connectivity index (χ0v) is 22.9. The van der Waals surface area contributed by atoms with Gasteiger partial charge in [0.25, 0.3) is 0 Å². The van der Waals surface area contributed by atoms with Crippen molar-refractivity contribution in [2.45, 2.75) is 65.9 Å². The molecule has 0 saturated heterocycles. The molecule has 0 aliphatic carbocycles. The van der Waals surface area contributed by atoms with Crippen LogP contribution in [-0.4, -0.2) is 55.5 Å². The van der Waals surface area contributed by atoms with Crippen LogP contribution in [0.3, 0.4) is 0 Å². The minimum absolute atomic E-state index is 0.175. The van der Waals surface area contributed by atoms with E-state index in [4.69, 9.17) is 4.74 Å². The Morgan fingerprint density at radius 2 is 1.96 bits per heavy atom. The van der Waals surface area contributed by atoms with Crippen LogP contribution < -0.4 is 3.12 Å². The molecule has 1 aromatic carbocycles. The summed E-state index contributed by atoms with van der Waals surface area (Å²) < 4.78 is 8.53. The van der Waals surface area contributed by atoms with Gasteiger partial charge in [-0.15, -0.1) is 0 Å². The number of carbonyl (C=O) groups is 1. The van der Waals surface area contributed by atoms with Crippen LogP contribution >= 0.6 is 22.6 Å². The van der Waals surface area contributed by atoms with E-state index in [0.29, 0.717) is 5.92 Å². The minimum atomic E-state index is -0.442. The summed E-state index contributed by atoms with van der Waals surface area (Å²) in [4.78, 5) is 14.5. The molecule has 0 N–H and O–H groups in total. The van der Waals surface area contributed by atoms with E-state index in [1.807, 2.05) is 25.7 Å². The molecule has 0 heterocycles. The first-order valence-electron chi connectivity index (χ1n) is 9.18. The number of benzene rings is 1. The van der Waals surface area contributed by atoms with Gasteiger partial charge in [0, 0.05) is 0 Å². The number of rotatable bonds is 8. The first-order valence-corrected chi connectivity index (χ1v) is 12.5. The second-order valence-corrected chi connectivity index (χ2v) is 11.0. The molecular formula is C20H31INO2Tl. The van der Waals surface area contributed by atoms with Gasteiger partial charge in [-0.2, -0.15) is 0 Å². The number of hydrogen-bond donors (Lipinski definition) is 0. The van der Waals surface area contributed by atoms with Crippen LogP contribution in [0.2, 0.25) is 0 Å². The first kappa shape index (κ1) is 23.2. The third kappa shape index (κ3) is 8.58. The summed E-state index contributed by atoms with van der Waals surface area (Å²) in [6, 6.07) is 6.61. The van der Waals surface area contributed by atoms with Gasteiger partial charge in [0.15, 0.2) is 0 Å². The summed E-state index contributed by atoms with van der Waals surface area (Å²) in [6.45, 7) is 11.7. The molecular weight excluding hydrogens is 618 g/mol. The number of carbonyl (C=O) groups excluding carboxylic acids is 1. The van der Waals surface area contributed by atoms with E-state index in [2.05, 4.69) is 54.6 Å². The monoisotopic (exact) mass is 649 g/mol. The number of hydrogen-bond acceptors (Lipinski definition) is 2. The van der Waals surface area contributed by atoms with E-state index >= 15 is 0 Å². The Hall–Kier alpha value is 0.142. The summed E-state index contributed by atoms with van der Waals surface area (Å²) in [7, 11) is 0. The second-order valence-electron chi connectivity index (χ2n) is 7.60. The molecule has 0 bridgehead atoms. The van der Waals surface area contributed by atoms with E-state index < -0.39 is 5.60 Å².